The number of benzene rings is 2. The number of aliphatic hydroxyl groups excluding tert-OH is 1. The summed E-state index contributed by atoms with van der Waals surface area (Å²) in [7, 11) is 0. The first-order valence-corrected chi connectivity index (χ1v) is 12.6. The Labute approximate surface area is 217 Å². The molecule has 2 amide bonds. The van der Waals surface area contributed by atoms with Crippen molar-refractivity contribution in [2.75, 3.05) is 43.7 Å². The number of nitrogens with one attached hydrogen (secondary N) is 2. The summed E-state index contributed by atoms with van der Waals surface area (Å²) in [6.07, 6.45) is 2.13. The number of rotatable bonds is 14. The lowest BCUT2D eigenvalue weighted by Gasteiger charge is -2.16. The van der Waals surface area contributed by atoms with Crippen molar-refractivity contribution in [3.63, 3.8) is 0 Å². The van der Waals surface area contributed by atoms with Gasteiger partial charge in [-0.1, -0.05) is 25.5 Å². The normalized spacial score (nSPS) is 14.4. The summed E-state index contributed by atoms with van der Waals surface area (Å²) in [4.78, 5) is 36.3. The highest BCUT2D eigenvalue weighted by Gasteiger charge is 2.30. The van der Waals surface area contributed by atoms with Gasteiger partial charge in [0.25, 0.3) is 0 Å². The van der Waals surface area contributed by atoms with Crippen LogP contribution in [0.3, 0.4) is 0 Å². The third-order valence-corrected chi connectivity index (χ3v) is 6.07. The highest BCUT2D eigenvalue weighted by molar-refractivity contribution is 5.94. The van der Waals surface area contributed by atoms with Crippen molar-refractivity contribution in [1.82, 2.24) is 0 Å². The molecule has 0 heterocycles. The fourth-order valence-corrected chi connectivity index (χ4v) is 4.18. The Kier molecular flexibility index (Phi) is 10.6. The fourth-order valence-electron chi connectivity index (χ4n) is 4.18. The zero-order valence-electron chi connectivity index (χ0n) is 21.7. The van der Waals surface area contributed by atoms with Crippen LogP contribution in [0.15, 0.2) is 36.4 Å². The van der Waals surface area contributed by atoms with Crippen LogP contribution in [0.5, 0.6) is 0 Å². The van der Waals surface area contributed by atoms with Crippen molar-refractivity contribution < 1.29 is 33.7 Å². The second-order valence-corrected chi connectivity index (χ2v) is 9.10. The number of amides is 2. The number of carbonyl (C=O) groups excluding carboxylic acids is 3. The predicted octanol–water partition coefficient (Wildman–Crippen LogP) is 3.84. The Morgan fingerprint density at radius 1 is 0.973 bits per heavy atom. The van der Waals surface area contributed by atoms with E-state index in [1.165, 1.54) is 6.92 Å². The molecular weight excluding hydrogens is 476 g/mol. The maximum atomic E-state index is 12.4. The van der Waals surface area contributed by atoms with Gasteiger partial charge in [-0.2, -0.15) is 0 Å². The summed E-state index contributed by atoms with van der Waals surface area (Å²) < 4.78 is 16.2. The summed E-state index contributed by atoms with van der Waals surface area (Å²) in [6, 6.07) is 11.3. The standard InChI is InChI=1S/C28H36N2O7/c1-4-5-12-35-16-27(33)29-20-6-8-22-23-9-7-21(30-28(34)17-36-18(2)10-11-31)14-25(23)26(24(22)13-20)15-37-19(3)32/h6-9,13-14,18,26,31H,4-5,10-12,15-17H2,1-3H3,(H,29,33)(H,30,34). The van der Waals surface area contributed by atoms with Crippen LogP contribution in [-0.4, -0.2) is 62.0 Å². The zero-order chi connectivity index (χ0) is 26.8. The van der Waals surface area contributed by atoms with E-state index in [0.29, 0.717) is 24.4 Å². The van der Waals surface area contributed by atoms with E-state index in [4.69, 9.17) is 19.3 Å². The topological polar surface area (TPSA) is 123 Å². The monoisotopic (exact) mass is 512 g/mol. The lowest BCUT2D eigenvalue weighted by molar-refractivity contribution is -0.141. The summed E-state index contributed by atoms with van der Waals surface area (Å²) in [5.74, 6) is -1.18. The number of esters is 1. The number of aliphatic hydroxyl groups is 1. The summed E-state index contributed by atoms with van der Waals surface area (Å²) in [6.45, 7) is 5.75. The molecule has 37 heavy (non-hydrogen) atoms. The van der Waals surface area contributed by atoms with E-state index in [1.807, 2.05) is 36.4 Å². The van der Waals surface area contributed by atoms with E-state index in [-0.39, 0.29) is 56.2 Å². The maximum absolute atomic E-state index is 12.4. The Bertz CT molecular complexity index is 1100. The molecule has 0 saturated carbocycles. The Hall–Kier alpha value is -3.27. The van der Waals surface area contributed by atoms with Crippen LogP contribution in [0, 0.1) is 0 Å². The molecule has 0 bridgehead atoms. The van der Waals surface area contributed by atoms with Gasteiger partial charge in [0.05, 0.1) is 6.10 Å². The highest BCUT2D eigenvalue weighted by atomic mass is 16.5. The van der Waals surface area contributed by atoms with Crippen molar-refractivity contribution in [3.05, 3.63) is 47.5 Å². The van der Waals surface area contributed by atoms with Gasteiger partial charge in [0.2, 0.25) is 11.8 Å². The zero-order valence-corrected chi connectivity index (χ0v) is 21.7. The smallest absolute Gasteiger partial charge is 0.302 e. The van der Waals surface area contributed by atoms with Crippen LogP contribution in [0.25, 0.3) is 11.1 Å². The molecule has 0 saturated heterocycles. The van der Waals surface area contributed by atoms with E-state index in [0.717, 1.165) is 35.1 Å². The van der Waals surface area contributed by atoms with E-state index >= 15 is 0 Å². The molecule has 0 radical (unpaired) electrons. The largest absolute Gasteiger partial charge is 0.465 e. The molecule has 3 rings (SSSR count). The van der Waals surface area contributed by atoms with Gasteiger partial charge in [0, 0.05) is 37.4 Å². The van der Waals surface area contributed by atoms with Crippen molar-refractivity contribution in [2.24, 2.45) is 0 Å². The molecule has 0 spiro atoms. The lowest BCUT2D eigenvalue weighted by Crippen LogP contribution is -2.22. The molecule has 2 unspecified atom stereocenters. The Morgan fingerprint density at radius 3 is 2.11 bits per heavy atom. The second kappa shape index (κ2) is 13.9. The minimum Gasteiger partial charge on any atom is -0.465 e. The maximum Gasteiger partial charge on any atom is 0.302 e. The van der Waals surface area contributed by atoms with Crippen molar-refractivity contribution in [2.45, 2.75) is 52.1 Å². The first kappa shape index (κ1) is 28.3. The summed E-state index contributed by atoms with van der Waals surface area (Å²) >= 11 is 0. The van der Waals surface area contributed by atoms with Gasteiger partial charge < -0.3 is 30.0 Å². The van der Waals surface area contributed by atoms with E-state index in [1.54, 1.807) is 6.92 Å². The van der Waals surface area contributed by atoms with Crippen LogP contribution in [-0.2, 0) is 28.6 Å². The Morgan fingerprint density at radius 2 is 1.57 bits per heavy atom. The number of ether oxygens (including phenoxy) is 3. The average Bonchev–Trinajstić information content (AvgIpc) is 3.16. The van der Waals surface area contributed by atoms with Gasteiger partial charge >= 0.3 is 5.97 Å². The van der Waals surface area contributed by atoms with Gasteiger partial charge in [0.15, 0.2) is 0 Å². The van der Waals surface area contributed by atoms with Crippen LogP contribution in [0.1, 0.15) is 57.1 Å². The first-order valence-electron chi connectivity index (χ1n) is 12.6. The van der Waals surface area contributed by atoms with Crippen LogP contribution < -0.4 is 10.6 Å². The number of fused-ring (bicyclic) bond motifs is 3. The molecule has 1 aliphatic carbocycles. The number of unbranched alkanes of at least 4 members (excludes halogenated alkanes) is 1. The molecule has 200 valence electrons. The van der Waals surface area contributed by atoms with E-state index in [2.05, 4.69) is 17.6 Å². The molecule has 9 nitrogen and oxygen atoms in total. The molecule has 0 aliphatic heterocycles. The van der Waals surface area contributed by atoms with Gasteiger partial charge in [0.1, 0.15) is 19.8 Å². The number of anilines is 2. The van der Waals surface area contributed by atoms with Gasteiger partial charge in [-0.15, -0.1) is 0 Å². The fraction of sp³-hybridized carbons (Fsp3) is 0.464. The molecular formula is C28H36N2O7. The average molecular weight is 513 g/mol. The van der Waals surface area contributed by atoms with E-state index < -0.39 is 0 Å². The van der Waals surface area contributed by atoms with E-state index in [9.17, 15) is 14.4 Å². The number of carbonyl (C=O) groups is 3. The summed E-state index contributed by atoms with van der Waals surface area (Å²) in [5, 5.41) is 14.7. The van der Waals surface area contributed by atoms with Crippen molar-refractivity contribution in [3.8, 4) is 11.1 Å². The lowest BCUT2D eigenvalue weighted by atomic mass is 9.97. The highest BCUT2D eigenvalue weighted by Crippen LogP contribution is 2.46. The molecule has 2 aromatic carbocycles. The minimum atomic E-state index is -0.387. The predicted molar refractivity (Wildman–Crippen MR) is 140 cm³/mol. The second-order valence-electron chi connectivity index (χ2n) is 9.10. The van der Waals surface area contributed by atoms with Crippen LogP contribution in [0.2, 0.25) is 0 Å². The van der Waals surface area contributed by atoms with Crippen molar-refractivity contribution in [1.29, 1.82) is 0 Å². The quantitative estimate of drug-likeness (QED) is 0.260. The molecule has 1 aliphatic rings. The van der Waals surface area contributed by atoms with Gasteiger partial charge in [-0.05, 0) is 66.3 Å². The molecule has 0 fully saturated rings. The van der Waals surface area contributed by atoms with Crippen molar-refractivity contribution >= 4 is 29.2 Å². The molecule has 0 aromatic heterocycles. The molecule has 2 aromatic rings. The van der Waals surface area contributed by atoms with Gasteiger partial charge in [-0.3, -0.25) is 14.4 Å². The van der Waals surface area contributed by atoms with Crippen LogP contribution in [0.4, 0.5) is 11.4 Å². The SMILES string of the molecule is CCCCOCC(=O)Nc1ccc2c(c1)C(COC(C)=O)c1cc(NC(=O)COC(C)CCO)ccc1-2. The minimum absolute atomic E-state index is 0.00395. The molecule has 9 heteroatoms. The molecule has 3 N–H and O–H groups in total. The number of hydrogen-bond acceptors (Lipinski definition) is 7. The Balaban J connectivity index is 1.76. The first-order chi connectivity index (χ1) is 17.8. The number of hydrogen-bond donors (Lipinski definition) is 3. The molecule has 2 atom stereocenters. The summed E-state index contributed by atoms with van der Waals surface area (Å²) in [5.41, 5.74) is 5.01. The van der Waals surface area contributed by atoms with Crippen LogP contribution >= 0.6 is 0 Å². The third kappa shape index (κ3) is 8.11. The third-order valence-electron chi connectivity index (χ3n) is 6.07. The van der Waals surface area contributed by atoms with Gasteiger partial charge in [-0.25, -0.2) is 0 Å².